The molecule has 0 heterocycles. The van der Waals surface area contributed by atoms with Crippen molar-refractivity contribution in [2.75, 3.05) is 0 Å². The van der Waals surface area contributed by atoms with E-state index < -0.39 is 0 Å². The van der Waals surface area contributed by atoms with E-state index >= 15 is 0 Å². The van der Waals surface area contributed by atoms with Crippen molar-refractivity contribution in [1.29, 1.82) is 0 Å². The van der Waals surface area contributed by atoms with Crippen LogP contribution in [0.15, 0.2) is 281 Å². The summed E-state index contributed by atoms with van der Waals surface area (Å²) in [6.07, 6.45) is 93.6. The summed E-state index contributed by atoms with van der Waals surface area (Å²) < 4.78 is 0. The minimum Gasteiger partial charge on any atom is -0.0619 e. The van der Waals surface area contributed by atoms with Crippen LogP contribution in [0, 0.1) is 0 Å². The molecule has 6 fully saturated rings. The molecular weight excluding hydrogens is 1610 g/mol. The Bertz CT molecular complexity index is 3920. The van der Waals surface area contributed by atoms with Crippen molar-refractivity contribution < 1.29 is 0 Å². The molecule has 9 aromatic carbocycles. The molecule has 15 rings (SSSR count). The summed E-state index contributed by atoms with van der Waals surface area (Å²) >= 11 is 0. The van der Waals surface area contributed by atoms with E-state index in [1.54, 1.807) is 33.4 Å². The van der Waals surface area contributed by atoms with Crippen LogP contribution in [0.25, 0.3) is 0 Å². The van der Waals surface area contributed by atoms with Crippen molar-refractivity contribution in [3.63, 3.8) is 0 Å². The molecule has 0 nitrogen and oxygen atoms in total. The molecular formula is C126H177S3+3. The molecule has 129 heavy (non-hydrogen) atoms. The second-order valence-corrected chi connectivity index (χ2v) is 47.1. The first-order valence-corrected chi connectivity index (χ1v) is 58.8. The molecule has 0 radical (unpaired) electrons. The van der Waals surface area contributed by atoms with Gasteiger partial charge in [0.2, 0.25) is 0 Å². The summed E-state index contributed by atoms with van der Waals surface area (Å²) in [5.74, 6) is 4.39. The third kappa shape index (κ3) is 35.7. The Morgan fingerprint density at radius 3 is 0.302 bits per heavy atom. The highest BCUT2D eigenvalue weighted by atomic mass is 32.2. The van der Waals surface area contributed by atoms with Gasteiger partial charge in [0.15, 0.2) is 44.1 Å². The Hall–Kier alpha value is -5.97. The maximum absolute atomic E-state index is 2.55. The predicted octanol–water partition coefficient (Wildman–Crippen LogP) is 40.7. The Kier molecular flexibility index (Phi) is 47.6. The quantitative estimate of drug-likeness (QED) is 0.0898. The van der Waals surface area contributed by atoms with E-state index in [2.05, 4.69) is 237 Å². The van der Waals surface area contributed by atoms with E-state index in [0.717, 1.165) is 35.5 Å². The molecule has 0 atom stereocenters. The standard InChI is InChI=1S/C54H81S.C42H59S.C30H37S/c1-4-10-16-22-28-46(29-23-17-11-5-1)49-34-40-52(41-35-49)55(53-42-36-50(37-43-53)47-30-24-18-12-6-2-7-13-19-25-31-47)54-44-38-51(39-45-54)48-32-26-20-14-8-3-9-15-21-27-33-48;1-3-7-11-16-22-36(23-17-12-8-4-1)38-28-32-41(33-29-38)43(40-26-20-15-21-27-40)42-34-30-39(31-35-42)37-24-18-13-9-5-2-6-10-14-19-25-37;1-2-4-6-10-16-26(17-11-7-5-3-1)27-22-24-30(25-23-27)31(28-18-12-8-13-19-28)29-20-14-9-15-21-29/h34-48H,1-33H2;15,20-21,26-37H,1-14,16-19,22-25H2;8-9,12-15,18-26H,1-7,10-11,16-17H2/q3*+1. The third-order valence-electron chi connectivity index (χ3n) is 31.1. The van der Waals surface area contributed by atoms with Gasteiger partial charge < -0.3 is 0 Å². The maximum Gasteiger partial charge on any atom is 0.166 e. The van der Waals surface area contributed by atoms with E-state index in [-0.39, 0.29) is 32.7 Å². The van der Waals surface area contributed by atoms with Crippen LogP contribution >= 0.6 is 0 Å². The van der Waals surface area contributed by atoms with Gasteiger partial charge in [0, 0.05) is 0 Å². The van der Waals surface area contributed by atoms with Gasteiger partial charge in [0.1, 0.15) is 0 Å². The molecule has 0 N–H and O–H groups in total. The topological polar surface area (TPSA) is 0 Å². The van der Waals surface area contributed by atoms with E-state index in [1.807, 2.05) is 0 Å². The molecule has 696 valence electrons. The lowest BCUT2D eigenvalue weighted by molar-refractivity contribution is 0.467. The molecule has 0 saturated heterocycles. The van der Waals surface area contributed by atoms with Gasteiger partial charge in [-0.25, -0.2) is 0 Å². The second-order valence-electron chi connectivity index (χ2n) is 41.0. The average Bonchev–Trinajstić information content (AvgIpc) is 0.792. The summed E-state index contributed by atoms with van der Waals surface area (Å²) in [6, 6.07) is 93.3. The van der Waals surface area contributed by atoms with Crippen LogP contribution < -0.4 is 0 Å². The highest BCUT2D eigenvalue weighted by Crippen LogP contribution is 2.43. The smallest absolute Gasteiger partial charge is 0.0619 e. The Balaban J connectivity index is 0.000000172. The molecule has 0 amide bonds. The third-order valence-corrected chi connectivity index (χ3v) is 37.8. The second kappa shape index (κ2) is 61.1. The minimum absolute atomic E-state index is 0.0433. The van der Waals surface area contributed by atoms with Crippen molar-refractivity contribution >= 4 is 32.7 Å². The van der Waals surface area contributed by atoms with Gasteiger partial charge in [-0.1, -0.05) is 474 Å². The Labute approximate surface area is 799 Å². The van der Waals surface area contributed by atoms with Crippen LogP contribution in [0.2, 0.25) is 0 Å². The summed E-state index contributed by atoms with van der Waals surface area (Å²) in [5, 5.41) is 0. The first-order chi connectivity index (χ1) is 64.1. The van der Waals surface area contributed by atoms with E-state index in [0.29, 0.717) is 0 Å². The first-order valence-electron chi connectivity index (χ1n) is 55.1. The SMILES string of the molecule is c1cc([S+](c2ccc(C3CCCCCCCCCCC3)cc2)c2ccc(C3CCCCCCCCCCC3)cc2)ccc1C1CCCCCCCCCCC1.c1ccc([S+](c2ccc(C3CCCCCCCCCCC3)cc2)c2ccc(C3CCCCCCCCCCC3)cc2)cc1.c1ccc([S+](c2ccccc2)c2ccc(C3CCCCCCCCCCC3)cc2)cc1. The Morgan fingerprint density at radius 2 is 0.194 bits per heavy atom. The van der Waals surface area contributed by atoms with Gasteiger partial charge in [-0.3, -0.25) is 0 Å². The first kappa shape index (κ1) is 100. The zero-order valence-electron chi connectivity index (χ0n) is 81.4. The molecule has 0 spiro atoms. The largest absolute Gasteiger partial charge is 0.166 e. The lowest BCUT2D eigenvalue weighted by Gasteiger charge is -2.20. The van der Waals surface area contributed by atoms with Crippen LogP contribution in [0.5, 0.6) is 0 Å². The maximum atomic E-state index is 2.55. The molecule has 6 aliphatic rings. The molecule has 0 unspecified atom stereocenters. The molecule has 6 saturated carbocycles. The molecule has 6 aliphatic carbocycles. The summed E-state index contributed by atoms with van der Waals surface area (Å²) in [5.41, 5.74) is 9.51. The molecule has 0 bridgehead atoms. The average molecular weight is 1790 g/mol. The lowest BCUT2D eigenvalue weighted by atomic mass is 9.87. The molecule has 9 aromatic rings. The summed E-state index contributed by atoms with van der Waals surface area (Å²) in [4.78, 5) is 13.1. The van der Waals surface area contributed by atoms with E-state index in [1.165, 1.54) is 468 Å². The van der Waals surface area contributed by atoms with Gasteiger partial charge in [-0.2, -0.15) is 0 Å². The van der Waals surface area contributed by atoms with Crippen molar-refractivity contribution in [3.05, 3.63) is 270 Å². The van der Waals surface area contributed by atoms with Crippen molar-refractivity contribution in [1.82, 2.24) is 0 Å². The lowest BCUT2D eigenvalue weighted by Crippen LogP contribution is -2.08. The fourth-order valence-corrected chi connectivity index (χ4v) is 29.3. The zero-order chi connectivity index (χ0) is 88.1. The normalized spacial score (nSPS) is 19.9. The van der Waals surface area contributed by atoms with Gasteiger partial charge in [0.05, 0.1) is 32.7 Å². The summed E-state index contributed by atoms with van der Waals surface area (Å²) in [7, 11) is -0.216. The highest BCUT2D eigenvalue weighted by Gasteiger charge is 2.34. The molecule has 3 heteroatoms. The molecule has 0 aliphatic heterocycles. The van der Waals surface area contributed by atoms with Crippen molar-refractivity contribution in [3.8, 4) is 0 Å². The monoisotopic (exact) mass is 1790 g/mol. The van der Waals surface area contributed by atoms with Crippen LogP contribution in [0.3, 0.4) is 0 Å². The number of benzene rings is 9. The van der Waals surface area contributed by atoms with Crippen molar-refractivity contribution in [2.45, 2.75) is 503 Å². The number of hydrogen-bond acceptors (Lipinski definition) is 0. The zero-order valence-corrected chi connectivity index (χ0v) is 83.8. The number of hydrogen-bond donors (Lipinski definition) is 0. The van der Waals surface area contributed by atoms with Crippen LogP contribution in [0.4, 0.5) is 0 Å². The van der Waals surface area contributed by atoms with Crippen LogP contribution in [-0.2, 0) is 32.7 Å². The fraction of sp³-hybridized carbons (Fsp3) is 0.571. The minimum atomic E-state index is -0.101. The Morgan fingerprint density at radius 1 is 0.101 bits per heavy atom. The van der Waals surface area contributed by atoms with E-state index in [4.69, 9.17) is 0 Å². The van der Waals surface area contributed by atoms with Crippen LogP contribution in [0.1, 0.15) is 493 Å². The van der Waals surface area contributed by atoms with Gasteiger partial charge in [0.25, 0.3) is 0 Å². The fourth-order valence-electron chi connectivity index (χ4n) is 23.1. The van der Waals surface area contributed by atoms with Crippen molar-refractivity contribution in [2.24, 2.45) is 0 Å². The predicted molar refractivity (Wildman–Crippen MR) is 566 cm³/mol. The van der Waals surface area contributed by atoms with E-state index in [9.17, 15) is 0 Å². The highest BCUT2D eigenvalue weighted by molar-refractivity contribution is 7.97. The van der Waals surface area contributed by atoms with Gasteiger partial charge in [-0.05, 0) is 255 Å². The molecule has 0 aromatic heterocycles. The summed E-state index contributed by atoms with van der Waals surface area (Å²) in [6.45, 7) is 0. The van der Waals surface area contributed by atoms with Crippen LogP contribution in [-0.4, -0.2) is 0 Å². The van der Waals surface area contributed by atoms with Gasteiger partial charge in [-0.15, -0.1) is 0 Å². The number of rotatable bonds is 15. The van der Waals surface area contributed by atoms with Gasteiger partial charge >= 0.3 is 0 Å².